The molecule has 0 spiro atoms. The molecule has 2 aromatic rings. The Morgan fingerprint density at radius 2 is 1.48 bits per heavy atom. The van der Waals surface area contributed by atoms with Gasteiger partial charge < -0.3 is 15.3 Å². The fourth-order valence-corrected chi connectivity index (χ4v) is 2.31. The smallest absolute Gasteiger partial charge is 0.339 e. The number of hydrogen-bond donors (Lipinski definition) is 2. The SMILES string of the molecule is CC.CC.CC.CNCc1ccc(C=N)cc1.Cc1cc(C=O)c(C)n1CC(F)(F)F. The molecular formula is C24H40F3N3O. The molecular weight excluding hydrogens is 403 g/mol. The minimum atomic E-state index is -4.26. The molecule has 0 amide bonds. The first-order valence-corrected chi connectivity index (χ1v) is 10.6. The van der Waals surface area contributed by atoms with E-state index < -0.39 is 12.7 Å². The van der Waals surface area contributed by atoms with E-state index >= 15 is 0 Å². The number of aldehydes is 1. The van der Waals surface area contributed by atoms with Crippen molar-refractivity contribution in [1.82, 2.24) is 9.88 Å². The Bertz CT molecular complexity index is 706. The van der Waals surface area contributed by atoms with Crippen LogP contribution >= 0.6 is 0 Å². The highest BCUT2D eigenvalue weighted by atomic mass is 19.4. The number of carbonyl (C=O) groups is 1. The summed E-state index contributed by atoms with van der Waals surface area (Å²) in [6.45, 7) is 14.9. The van der Waals surface area contributed by atoms with Gasteiger partial charge in [0.1, 0.15) is 6.54 Å². The molecule has 1 aromatic carbocycles. The molecule has 4 nitrogen and oxygen atoms in total. The lowest BCUT2D eigenvalue weighted by molar-refractivity contribution is -0.141. The summed E-state index contributed by atoms with van der Waals surface area (Å²) in [4.78, 5) is 10.5. The van der Waals surface area contributed by atoms with Crippen LogP contribution < -0.4 is 5.32 Å². The Kier molecular flexibility index (Phi) is 21.0. The molecule has 178 valence electrons. The standard InChI is InChI=1S/C9H10F3NO.C9H12N2.3C2H6/c1-6-3-8(4-14)7(2)13(6)5-9(10,11)12;1-11-7-9-4-2-8(6-10)3-5-9;3*1-2/h3-4H,5H2,1-2H3;2-6,10-11H,7H2,1H3;3*1-2H3. The average molecular weight is 444 g/mol. The van der Waals surface area contributed by atoms with Gasteiger partial charge in [-0.1, -0.05) is 65.8 Å². The summed E-state index contributed by atoms with van der Waals surface area (Å²) < 4.78 is 37.4. The Labute approximate surface area is 186 Å². The number of nitrogens with zero attached hydrogens (tertiary/aromatic N) is 1. The Hall–Kier alpha value is -2.41. The van der Waals surface area contributed by atoms with Crippen molar-refractivity contribution in [1.29, 1.82) is 5.41 Å². The second kappa shape index (κ2) is 19.5. The maximum absolute atomic E-state index is 12.1. The van der Waals surface area contributed by atoms with Gasteiger partial charge in [0.05, 0.1) is 0 Å². The molecule has 0 radical (unpaired) electrons. The first-order valence-electron chi connectivity index (χ1n) is 10.6. The third kappa shape index (κ3) is 14.3. The van der Waals surface area contributed by atoms with Gasteiger partial charge in [-0.2, -0.15) is 13.2 Å². The highest BCUT2D eigenvalue weighted by Crippen LogP contribution is 2.22. The monoisotopic (exact) mass is 443 g/mol. The predicted octanol–water partition coefficient (Wildman–Crippen LogP) is 6.96. The van der Waals surface area contributed by atoms with E-state index in [4.69, 9.17) is 5.41 Å². The minimum Gasteiger partial charge on any atom is -0.339 e. The summed E-state index contributed by atoms with van der Waals surface area (Å²) in [5.41, 5.74) is 3.31. The second-order valence-electron chi connectivity index (χ2n) is 5.56. The molecule has 0 saturated carbocycles. The summed E-state index contributed by atoms with van der Waals surface area (Å²) in [6, 6.07) is 9.39. The zero-order valence-electron chi connectivity index (χ0n) is 20.4. The zero-order chi connectivity index (χ0) is 25.0. The van der Waals surface area contributed by atoms with Crippen molar-refractivity contribution in [3.8, 4) is 0 Å². The van der Waals surface area contributed by atoms with Crippen LogP contribution in [-0.2, 0) is 13.1 Å². The molecule has 0 aliphatic carbocycles. The van der Waals surface area contributed by atoms with Gasteiger partial charge in [0.25, 0.3) is 0 Å². The largest absolute Gasteiger partial charge is 0.406 e. The van der Waals surface area contributed by atoms with E-state index in [0.717, 1.165) is 16.7 Å². The maximum atomic E-state index is 12.1. The van der Waals surface area contributed by atoms with Crippen molar-refractivity contribution >= 4 is 12.5 Å². The number of alkyl halides is 3. The molecule has 0 bridgehead atoms. The fraction of sp³-hybridized carbons (Fsp3) is 0.500. The van der Waals surface area contributed by atoms with Crippen LogP contribution in [0.4, 0.5) is 13.2 Å². The highest BCUT2D eigenvalue weighted by molar-refractivity contribution is 5.77. The minimum absolute atomic E-state index is 0.312. The van der Waals surface area contributed by atoms with Crippen molar-refractivity contribution < 1.29 is 18.0 Å². The van der Waals surface area contributed by atoms with Crippen molar-refractivity contribution in [2.75, 3.05) is 7.05 Å². The third-order valence-electron chi connectivity index (χ3n) is 3.60. The van der Waals surface area contributed by atoms with E-state index in [1.54, 1.807) is 6.92 Å². The molecule has 0 atom stereocenters. The number of rotatable bonds is 5. The molecule has 0 saturated heterocycles. The van der Waals surface area contributed by atoms with Crippen LogP contribution in [0.2, 0.25) is 0 Å². The van der Waals surface area contributed by atoms with Gasteiger partial charge in [0, 0.05) is 29.7 Å². The van der Waals surface area contributed by atoms with Gasteiger partial charge in [-0.15, -0.1) is 0 Å². The fourth-order valence-electron chi connectivity index (χ4n) is 2.31. The second-order valence-corrected chi connectivity index (χ2v) is 5.56. The van der Waals surface area contributed by atoms with Crippen molar-refractivity contribution in [3.63, 3.8) is 0 Å². The maximum Gasteiger partial charge on any atom is 0.406 e. The molecule has 1 heterocycles. The van der Waals surface area contributed by atoms with Crippen LogP contribution in [0.25, 0.3) is 0 Å². The van der Waals surface area contributed by atoms with E-state index in [-0.39, 0.29) is 0 Å². The average Bonchev–Trinajstić information content (AvgIpc) is 3.05. The Morgan fingerprint density at radius 3 is 1.81 bits per heavy atom. The summed E-state index contributed by atoms with van der Waals surface area (Å²) >= 11 is 0. The number of halogens is 3. The molecule has 7 heteroatoms. The topological polar surface area (TPSA) is 57.9 Å². The Morgan fingerprint density at radius 1 is 1.00 bits per heavy atom. The van der Waals surface area contributed by atoms with Crippen LogP contribution in [0, 0.1) is 19.3 Å². The highest BCUT2D eigenvalue weighted by Gasteiger charge is 2.29. The molecule has 1 aromatic heterocycles. The van der Waals surface area contributed by atoms with Gasteiger partial charge in [-0.25, -0.2) is 0 Å². The Balaban J connectivity index is -0.000000414. The molecule has 2 N–H and O–H groups in total. The van der Waals surface area contributed by atoms with Gasteiger partial charge >= 0.3 is 6.18 Å². The van der Waals surface area contributed by atoms with Gasteiger partial charge in [-0.05, 0) is 38.1 Å². The zero-order valence-corrected chi connectivity index (χ0v) is 20.4. The van der Waals surface area contributed by atoms with Crippen LogP contribution in [0.1, 0.15) is 74.4 Å². The molecule has 0 aliphatic rings. The number of hydrogen-bond acceptors (Lipinski definition) is 3. The molecule has 0 fully saturated rings. The van der Waals surface area contributed by atoms with Gasteiger partial charge in [0.2, 0.25) is 0 Å². The molecule has 31 heavy (non-hydrogen) atoms. The number of nitrogens with one attached hydrogen (secondary N) is 2. The lowest BCUT2D eigenvalue weighted by Crippen LogP contribution is -2.19. The number of aromatic nitrogens is 1. The van der Waals surface area contributed by atoms with Crippen LogP contribution in [-0.4, -0.2) is 30.3 Å². The van der Waals surface area contributed by atoms with Crippen LogP contribution in [0.5, 0.6) is 0 Å². The van der Waals surface area contributed by atoms with Gasteiger partial charge in [-0.3, -0.25) is 4.79 Å². The first-order chi connectivity index (χ1) is 14.7. The van der Waals surface area contributed by atoms with Crippen molar-refractivity contribution in [2.24, 2.45) is 0 Å². The van der Waals surface area contributed by atoms with Gasteiger partial charge in [0.15, 0.2) is 6.29 Å². The third-order valence-corrected chi connectivity index (χ3v) is 3.60. The predicted molar refractivity (Wildman–Crippen MR) is 126 cm³/mol. The summed E-state index contributed by atoms with van der Waals surface area (Å²) in [6.07, 6.45) is -2.34. The summed E-state index contributed by atoms with van der Waals surface area (Å²) in [5.74, 6) is 0. The normalized spacial score (nSPS) is 9.29. The van der Waals surface area contributed by atoms with Crippen molar-refractivity contribution in [3.05, 3.63) is 58.4 Å². The number of carbonyl (C=O) groups excluding carboxylic acids is 1. The van der Waals surface area contributed by atoms with E-state index in [1.807, 2.05) is 72.9 Å². The summed E-state index contributed by atoms with van der Waals surface area (Å²) in [5, 5.41) is 10.0. The number of benzene rings is 1. The van der Waals surface area contributed by atoms with Crippen LogP contribution in [0.3, 0.4) is 0 Å². The summed E-state index contributed by atoms with van der Waals surface area (Å²) in [7, 11) is 1.92. The lowest BCUT2D eigenvalue weighted by atomic mass is 10.1. The van der Waals surface area contributed by atoms with Crippen LogP contribution in [0.15, 0.2) is 30.3 Å². The van der Waals surface area contributed by atoms with E-state index in [0.29, 0.717) is 23.2 Å². The molecule has 0 aliphatic heterocycles. The quantitative estimate of drug-likeness (QED) is 0.387. The lowest BCUT2D eigenvalue weighted by Gasteiger charge is -2.11. The van der Waals surface area contributed by atoms with E-state index in [1.165, 1.54) is 24.8 Å². The first kappa shape index (κ1) is 33.2. The molecule has 2 rings (SSSR count). The number of aryl methyl sites for hydroxylation is 1. The van der Waals surface area contributed by atoms with Crippen molar-refractivity contribution in [2.45, 2.75) is 74.7 Å². The van der Waals surface area contributed by atoms with E-state index in [2.05, 4.69) is 5.32 Å². The van der Waals surface area contributed by atoms with E-state index in [9.17, 15) is 18.0 Å². The molecule has 0 unspecified atom stereocenters.